The van der Waals surface area contributed by atoms with E-state index in [9.17, 15) is 9.59 Å². The van der Waals surface area contributed by atoms with Gasteiger partial charge < -0.3 is 20.2 Å². The van der Waals surface area contributed by atoms with Crippen LogP contribution in [0, 0.1) is 0 Å². The van der Waals surface area contributed by atoms with Crippen molar-refractivity contribution in [1.29, 1.82) is 0 Å². The molecule has 0 aromatic carbocycles. The number of rotatable bonds is 4. The van der Waals surface area contributed by atoms with Gasteiger partial charge in [0.15, 0.2) is 0 Å². The largest absolute Gasteiger partial charge is 0.358 e. The van der Waals surface area contributed by atoms with Crippen molar-refractivity contribution >= 4 is 17.4 Å². The van der Waals surface area contributed by atoms with E-state index >= 15 is 0 Å². The number of anilines is 2. The van der Waals surface area contributed by atoms with Gasteiger partial charge in [-0.3, -0.25) is 9.59 Å². The Hall–Kier alpha value is -3.35. The molecule has 3 aromatic heterocycles. The lowest BCUT2D eigenvalue weighted by atomic mass is 10.1. The molecule has 0 spiro atoms. The van der Waals surface area contributed by atoms with E-state index in [0.29, 0.717) is 24.5 Å². The van der Waals surface area contributed by atoms with Crippen molar-refractivity contribution in [3.05, 3.63) is 64.3 Å². The predicted octanol–water partition coefficient (Wildman–Crippen LogP) is 2.29. The quantitative estimate of drug-likeness (QED) is 0.674. The first kappa shape index (κ1) is 16.1. The third-order valence-corrected chi connectivity index (χ3v) is 4.47. The van der Waals surface area contributed by atoms with Crippen molar-refractivity contribution in [2.75, 3.05) is 11.9 Å². The third kappa shape index (κ3) is 2.99. The lowest BCUT2D eigenvalue weighted by molar-refractivity contribution is 0.0946. The number of H-pyrrole nitrogens is 1. The predicted molar refractivity (Wildman–Crippen MR) is 99.7 cm³/mol. The molecule has 4 heterocycles. The van der Waals surface area contributed by atoms with E-state index in [1.807, 2.05) is 25.1 Å². The van der Waals surface area contributed by atoms with Crippen molar-refractivity contribution in [2.24, 2.45) is 0 Å². The van der Waals surface area contributed by atoms with Gasteiger partial charge in [0, 0.05) is 54.9 Å². The first-order valence-electron chi connectivity index (χ1n) is 8.58. The molecule has 0 unspecified atom stereocenters. The molecule has 1 aliphatic rings. The Morgan fingerprint density at radius 3 is 2.92 bits per heavy atom. The number of aromatic amines is 1. The number of hydrogen-bond acceptors (Lipinski definition) is 4. The number of hydrogen-bond donors (Lipinski definition) is 3. The minimum atomic E-state index is -0.0389. The van der Waals surface area contributed by atoms with Crippen LogP contribution in [0.4, 0.5) is 11.5 Å². The molecule has 0 saturated carbocycles. The molecule has 26 heavy (non-hydrogen) atoms. The van der Waals surface area contributed by atoms with Gasteiger partial charge in [0.05, 0.1) is 11.3 Å². The lowest BCUT2D eigenvalue weighted by Gasteiger charge is -2.11. The standard InChI is InChI=1S/C19H19N5O2/c1-2-24-11-13(3-4-18(24)25)22-17-9-12(5-7-20-17)16-10-14-15(23-16)6-8-21-19(14)26/h3-5,7,9-11,23H,2,6,8H2,1H3,(H,20,22)(H,21,26). The average molecular weight is 349 g/mol. The van der Waals surface area contributed by atoms with Crippen molar-refractivity contribution in [1.82, 2.24) is 19.9 Å². The Bertz CT molecular complexity index is 1030. The number of pyridine rings is 2. The summed E-state index contributed by atoms with van der Waals surface area (Å²) in [5, 5.41) is 6.07. The van der Waals surface area contributed by atoms with Crippen molar-refractivity contribution < 1.29 is 4.79 Å². The maximum Gasteiger partial charge on any atom is 0.253 e. The van der Waals surface area contributed by atoms with Crippen LogP contribution in [-0.4, -0.2) is 27.0 Å². The van der Waals surface area contributed by atoms with Gasteiger partial charge in [-0.25, -0.2) is 4.98 Å². The van der Waals surface area contributed by atoms with Crippen LogP contribution in [0.3, 0.4) is 0 Å². The Kier molecular flexibility index (Phi) is 4.04. The normalized spacial score (nSPS) is 13.2. The number of carbonyl (C=O) groups is 1. The van der Waals surface area contributed by atoms with E-state index in [4.69, 9.17) is 0 Å². The molecule has 3 N–H and O–H groups in total. The van der Waals surface area contributed by atoms with Gasteiger partial charge >= 0.3 is 0 Å². The molecular weight excluding hydrogens is 330 g/mol. The molecule has 132 valence electrons. The highest BCUT2D eigenvalue weighted by Crippen LogP contribution is 2.26. The third-order valence-electron chi connectivity index (χ3n) is 4.47. The highest BCUT2D eigenvalue weighted by Gasteiger charge is 2.20. The van der Waals surface area contributed by atoms with Crippen LogP contribution >= 0.6 is 0 Å². The number of aromatic nitrogens is 3. The number of nitrogens with one attached hydrogen (secondary N) is 3. The molecule has 3 aromatic rings. The summed E-state index contributed by atoms with van der Waals surface area (Å²) in [5.74, 6) is 0.629. The van der Waals surface area contributed by atoms with E-state index in [-0.39, 0.29) is 11.5 Å². The molecule has 0 radical (unpaired) electrons. The summed E-state index contributed by atoms with van der Waals surface area (Å²) in [4.78, 5) is 31.3. The van der Waals surface area contributed by atoms with Gasteiger partial charge in [0.1, 0.15) is 5.82 Å². The molecule has 7 heteroatoms. The van der Waals surface area contributed by atoms with Gasteiger partial charge in [0.25, 0.3) is 11.5 Å². The van der Waals surface area contributed by atoms with Crippen LogP contribution in [0.15, 0.2) is 47.5 Å². The molecule has 0 bridgehead atoms. The van der Waals surface area contributed by atoms with Crippen molar-refractivity contribution in [2.45, 2.75) is 19.9 Å². The van der Waals surface area contributed by atoms with E-state index in [2.05, 4.69) is 20.6 Å². The fourth-order valence-corrected chi connectivity index (χ4v) is 3.12. The average Bonchev–Trinajstić information content (AvgIpc) is 3.09. The van der Waals surface area contributed by atoms with Gasteiger partial charge in [-0.1, -0.05) is 0 Å². The Morgan fingerprint density at radius 2 is 2.12 bits per heavy atom. The fourth-order valence-electron chi connectivity index (χ4n) is 3.12. The molecule has 0 aliphatic carbocycles. The maximum absolute atomic E-state index is 11.9. The van der Waals surface area contributed by atoms with Gasteiger partial charge in [-0.15, -0.1) is 0 Å². The number of fused-ring (bicyclic) bond motifs is 1. The molecule has 7 nitrogen and oxygen atoms in total. The second-order valence-corrected chi connectivity index (χ2v) is 6.18. The summed E-state index contributed by atoms with van der Waals surface area (Å²) in [7, 11) is 0. The zero-order valence-corrected chi connectivity index (χ0v) is 14.4. The second-order valence-electron chi connectivity index (χ2n) is 6.18. The molecular formula is C19H19N5O2. The SMILES string of the molecule is CCn1cc(Nc2cc(-c3cc4c([nH]3)CCNC4=O)ccn2)ccc1=O. The number of carbonyl (C=O) groups excluding carboxylic acids is 1. The molecule has 4 rings (SSSR count). The summed E-state index contributed by atoms with van der Waals surface area (Å²) in [6, 6.07) is 8.96. The molecule has 1 amide bonds. The summed E-state index contributed by atoms with van der Waals surface area (Å²) in [6.45, 7) is 3.19. The minimum absolute atomic E-state index is 0.0324. The molecule has 0 fully saturated rings. The van der Waals surface area contributed by atoms with E-state index in [1.54, 1.807) is 23.0 Å². The highest BCUT2D eigenvalue weighted by atomic mass is 16.1. The van der Waals surface area contributed by atoms with Gasteiger partial charge in [-0.2, -0.15) is 0 Å². The van der Waals surface area contributed by atoms with Crippen LogP contribution in [0.5, 0.6) is 0 Å². The smallest absolute Gasteiger partial charge is 0.253 e. The van der Waals surface area contributed by atoms with Crippen LogP contribution in [0.25, 0.3) is 11.3 Å². The summed E-state index contributed by atoms with van der Waals surface area (Å²) in [5.41, 5.74) is 4.25. The van der Waals surface area contributed by atoms with Crippen molar-refractivity contribution in [3.8, 4) is 11.3 Å². The minimum Gasteiger partial charge on any atom is -0.358 e. The fraction of sp³-hybridized carbons (Fsp3) is 0.211. The molecule has 0 atom stereocenters. The summed E-state index contributed by atoms with van der Waals surface area (Å²) < 4.78 is 1.63. The first-order chi connectivity index (χ1) is 12.6. The Balaban J connectivity index is 1.63. The lowest BCUT2D eigenvalue weighted by Crippen LogP contribution is -2.31. The van der Waals surface area contributed by atoms with Gasteiger partial charge in [-0.05, 0) is 31.2 Å². The van der Waals surface area contributed by atoms with Crippen LogP contribution < -0.4 is 16.2 Å². The zero-order chi connectivity index (χ0) is 18.1. The monoisotopic (exact) mass is 349 g/mol. The number of amides is 1. The zero-order valence-electron chi connectivity index (χ0n) is 14.4. The van der Waals surface area contributed by atoms with Crippen LogP contribution in [0.1, 0.15) is 23.0 Å². The highest BCUT2D eigenvalue weighted by molar-refractivity contribution is 5.97. The van der Waals surface area contributed by atoms with Crippen LogP contribution in [0.2, 0.25) is 0 Å². The van der Waals surface area contributed by atoms with E-state index in [1.165, 1.54) is 6.07 Å². The van der Waals surface area contributed by atoms with E-state index < -0.39 is 0 Å². The first-order valence-corrected chi connectivity index (χ1v) is 8.58. The molecule has 1 aliphatic heterocycles. The van der Waals surface area contributed by atoms with Crippen LogP contribution in [-0.2, 0) is 13.0 Å². The topological polar surface area (TPSA) is 91.8 Å². The van der Waals surface area contributed by atoms with Crippen molar-refractivity contribution in [3.63, 3.8) is 0 Å². The summed E-state index contributed by atoms with van der Waals surface area (Å²) in [6.07, 6.45) is 4.29. The second kappa shape index (κ2) is 6.51. The number of nitrogens with zero attached hydrogens (tertiary/aromatic N) is 2. The van der Waals surface area contributed by atoms with Gasteiger partial charge in [0.2, 0.25) is 0 Å². The number of aryl methyl sites for hydroxylation is 1. The Labute approximate surface area is 150 Å². The summed E-state index contributed by atoms with van der Waals surface area (Å²) >= 11 is 0. The van der Waals surface area contributed by atoms with E-state index in [0.717, 1.165) is 29.1 Å². The Morgan fingerprint density at radius 1 is 1.23 bits per heavy atom. The maximum atomic E-state index is 11.9. The molecule has 0 saturated heterocycles.